The molecule has 0 aliphatic carbocycles. The molecule has 2 heterocycles. The highest BCUT2D eigenvalue weighted by atomic mass is 35.5. The summed E-state index contributed by atoms with van der Waals surface area (Å²) in [6, 6.07) is 10.0. The molecule has 4 heteroatoms. The Balaban J connectivity index is 2.36. The highest BCUT2D eigenvalue weighted by Crippen LogP contribution is 2.25. The average Bonchev–Trinajstić information content (AvgIpc) is 2.69. The van der Waals surface area contributed by atoms with Gasteiger partial charge in [-0.2, -0.15) is 0 Å². The Kier molecular flexibility index (Phi) is 2.34. The van der Waals surface area contributed by atoms with Gasteiger partial charge in [-0.1, -0.05) is 41.9 Å². The summed E-state index contributed by atoms with van der Waals surface area (Å²) in [5.74, 6) is 0.891. The molecule has 17 heavy (non-hydrogen) atoms. The van der Waals surface area contributed by atoms with Crippen LogP contribution in [0.4, 0.5) is 0 Å². The van der Waals surface area contributed by atoms with Crippen molar-refractivity contribution in [2.75, 3.05) is 0 Å². The van der Waals surface area contributed by atoms with Gasteiger partial charge in [-0.25, -0.2) is 9.97 Å². The van der Waals surface area contributed by atoms with E-state index in [1.165, 1.54) is 0 Å². The number of hydrogen-bond acceptors (Lipinski definition) is 2. The topological polar surface area (TPSA) is 30.2 Å². The second-order valence-electron chi connectivity index (χ2n) is 3.82. The zero-order chi connectivity index (χ0) is 11.8. The lowest BCUT2D eigenvalue weighted by Gasteiger charge is -2.01. The van der Waals surface area contributed by atoms with Crippen molar-refractivity contribution in [1.82, 2.24) is 14.4 Å². The van der Waals surface area contributed by atoms with Crippen molar-refractivity contribution < 1.29 is 0 Å². The monoisotopic (exact) mass is 243 g/mol. The lowest BCUT2D eigenvalue weighted by molar-refractivity contribution is 1.12. The van der Waals surface area contributed by atoms with Crippen LogP contribution in [-0.4, -0.2) is 14.4 Å². The van der Waals surface area contributed by atoms with Crippen molar-refractivity contribution >= 4 is 17.1 Å². The summed E-state index contributed by atoms with van der Waals surface area (Å²) in [4.78, 5) is 8.64. The first kappa shape index (κ1) is 10.3. The Hall–Kier alpha value is -1.87. The second-order valence-corrected chi connectivity index (χ2v) is 4.18. The molecule has 3 aromatic rings. The molecule has 0 aliphatic heterocycles. The first-order valence-electron chi connectivity index (χ1n) is 5.32. The Labute approximate surface area is 104 Å². The molecular weight excluding hydrogens is 234 g/mol. The normalized spacial score (nSPS) is 10.9. The van der Waals surface area contributed by atoms with E-state index in [1.807, 2.05) is 47.9 Å². The van der Waals surface area contributed by atoms with E-state index >= 15 is 0 Å². The number of benzene rings is 1. The summed E-state index contributed by atoms with van der Waals surface area (Å²) < 4.78 is 1.97. The molecule has 0 fully saturated rings. The maximum absolute atomic E-state index is 6.09. The molecular formula is C13H10ClN3. The fourth-order valence-corrected chi connectivity index (χ4v) is 2.24. The van der Waals surface area contributed by atoms with E-state index in [0.717, 1.165) is 22.6 Å². The molecule has 1 aromatic carbocycles. The number of imidazole rings is 1. The smallest absolute Gasteiger partial charge is 0.154 e. The van der Waals surface area contributed by atoms with Crippen molar-refractivity contribution in [1.29, 1.82) is 0 Å². The number of hydrogen-bond donors (Lipinski definition) is 0. The summed E-state index contributed by atoms with van der Waals surface area (Å²) in [7, 11) is 0. The Morgan fingerprint density at radius 3 is 2.71 bits per heavy atom. The van der Waals surface area contributed by atoms with Gasteiger partial charge in [0.2, 0.25) is 0 Å². The van der Waals surface area contributed by atoms with Crippen LogP contribution in [0.5, 0.6) is 0 Å². The Morgan fingerprint density at radius 1 is 1.18 bits per heavy atom. The van der Waals surface area contributed by atoms with Gasteiger partial charge in [-0.15, -0.1) is 0 Å². The summed E-state index contributed by atoms with van der Waals surface area (Å²) in [5, 5.41) is 0.486. The van der Waals surface area contributed by atoms with Gasteiger partial charge in [0.15, 0.2) is 5.15 Å². The van der Waals surface area contributed by atoms with Gasteiger partial charge in [0.05, 0.1) is 5.69 Å². The Morgan fingerprint density at radius 2 is 1.94 bits per heavy atom. The van der Waals surface area contributed by atoms with E-state index < -0.39 is 0 Å². The Bertz CT molecular complexity index is 674. The molecule has 3 nitrogen and oxygen atoms in total. The minimum atomic E-state index is 0.486. The fourth-order valence-electron chi connectivity index (χ4n) is 1.96. The predicted molar refractivity (Wildman–Crippen MR) is 68.2 cm³/mol. The molecule has 3 rings (SSSR count). The maximum Gasteiger partial charge on any atom is 0.154 e. The van der Waals surface area contributed by atoms with Gasteiger partial charge < -0.3 is 0 Å². The number of aryl methyl sites for hydroxylation is 1. The van der Waals surface area contributed by atoms with Crippen molar-refractivity contribution in [3.8, 4) is 11.4 Å². The summed E-state index contributed by atoms with van der Waals surface area (Å²) in [6.07, 6.45) is 3.56. The molecule has 0 amide bonds. The SMILES string of the molecule is Cc1nc(-c2ccccc2)n2ccnc(Cl)c12. The molecule has 0 bridgehead atoms. The largest absolute Gasteiger partial charge is 0.295 e. The predicted octanol–water partition coefficient (Wildman–Crippen LogP) is 3.36. The number of halogens is 1. The van der Waals surface area contributed by atoms with E-state index in [0.29, 0.717) is 5.15 Å². The maximum atomic E-state index is 6.09. The van der Waals surface area contributed by atoms with Crippen LogP contribution in [0.25, 0.3) is 16.9 Å². The van der Waals surface area contributed by atoms with Gasteiger partial charge in [-0.05, 0) is 6.92 Å². The minimum Gasteiger partial charge on any atom is -0.295 e. The summed E-state index contributed by atoms with van der Waals surface area (Å²) in [5.41, 5.74) is 2.83. The van der Waals surface area contributed by atoms with Gasteiger partial charge >= 0.3 is 0 Å². The number of aromatic nitrogens is 3. The van der Waals surface area contributed by atoms with Crippen LogP contribution < -0.4 is 0 Å². The minimum absolute atomic E-state index is 0.486. The molecule has 0 N–H and O–H groups in total. The third-order valence-electron chi connectivity index (χ3n) is 2.72. The van der Waals surface area contributed by atoms with Crippen LogP contribution in [0.2, 0.25) is 5.15 Å². The standard InChI is InChI=1S/C13H10ClN3/c1-9-11-12(14)15-7-8-17(11)13(16-9)10-5-3-2-4-6-10/h2-8H,1H3. The third kappa shape index (κ3) is 1.59. The first-order valence-corrected chi connectivity index (χ1v) is 5.70. The molecule has 0 radical (unpaired) electrons. The third-order valence-corrected chi connectivity index (χ3v) is 2.99. The van der Waals surface area contributed by atoms with Crippen LogP contribution >= 0.6 is 11.6 Å². The van der Waals surface area contributed by atoms with Crippen LogP contribution in [-0.2, 0) is 0 Å². The van der Waals surface area contributed by atoms with Gasteiger partial charge in [-0.3, -0.25) is 4.40 Å². The molecule has 0 saturated carbocycles. The van der Waals surface area contributed by atoms with Crippen molar-refractivity contribution in [3.63, 3.8) is 0 Å². The molecule has 0 saturated heterocycles. The van der Waals surface area contributed by atoms with E-state index in [4.69, 9.17) is 11.6 Å². The van der Waals surface area contributed by atoms with E-state index in [1.54, 1.807) is 6.20 Å². The number of fused-ring (bicyclic) bond motifs is 1. The van der Waals surface area contributed by atoms with Crippen LogP contribution in [0.15, 0.2) is 42.7 Å². The second kappa shape index (κ2) is 3.86. The van der Waals surface area contributed by atoms with Crippen LogP contribution in [0.3, 0.4) is 0 Å². The van der Waals surface area contributed by atoms with Crippen molar-refractivity contribution in [3.05, 3.63) is 53.6 Å². The van der Waals surface area contributed by atoms with Crippen LogP contribution in [0.1, 0.15) is 5.69 Å². The van der Waals surface area contributed by atoms with Crippen LogP contribution in [0, 0.1) is 6.92 Å². The molecule has 0 aliphatic rings. The number of nitrogens with zero attached hydrogens (tertiary/aromatic N) is 3. The average molecular weight is 244 g/mol. The first-order chi connectivity index (χ1) is 8.27. The lowest BCUT2D eigenvalue weighted by atomic mass is 10.2. The highest BCUT2D eigenvalue weighted by molar-refractivity contribution is 6.32. The molecule has 2 aromatic heterocycles. The zero-order valence-corrected chi connectivity index (χ0v) is 10.0. The molecule has 0 unspecified atom stereocenters. The van der Waals surface area contributed by atoms with Crippen molar-refractivity contribution in [2.45, 2.75) is 6.92 Å². The van der Waals surface area contributed by atoms with E-state index in [2.05, 4.69) is 9.97 Å². The molecule has 84 valence electrons. The summed E-state index contributed by atoms with van der Waals surface area (Å²) in [6.45, 7) is 1.94. The molecule has 0 atom stereocenters. The van der Waals surface area contributed by atoms with Gasteiger partial charge in [0.1, 0.15) is 11.3 Å². The van der Waals surface area contributed by atoms with Gasteiger partial charge in [0.25, 0.3) is 0 Å². The van der Waals surface area contributed by atoms with E-state index in [9.17, 15) is 0 Å². The fraction of sp³-hybridized carbons (Fsp3) is 0.0769. The zero-order valence-electron chi connectivity index (χ0n) is 9.26. The number of rotatable bonds is 1. The quantitative estimate of drug-likeness (QED) is 0.656. The van der Waals surface area contributed by atoms with E-state index in [-0.39, 0.29) is 0 Å². The van der Waals surface area contributed by atoms with Gasteiger partial charge in [0, 0.05) is 18.0 Å². The molecule has 0 spiro atoms. The lowest BCUT2D eigenvalue weighted by Crippen LogP contribution is -1.90. The highest BCUT2D eigenvalue weighted by Gasteiger charge is 2.12. The van der Waals surface area contributed by atoms with Crippen molar-refractivity contribution in [2.24, 2.45) is 0 Å². The summed E-state index contributed by atoms with van der Waals surface area (Å²) >= 11 is 6.09.